The molecule has 1 N–H and O–H groups in total. The van der Waals surface area contributed by atoms with Crippen LogP contribution in [0.1, 0.15) is 15.9 Å². The second-order valence-corrected chi connectivity index (χ2v) is 4.64. The number of rotatable bonds is 3. The summed E-state index contributed by atoms with van der Waals surface area (Å²) < 4.78 is 18.2. The number of nitrogens with one attached hydrogen (secondary N) is 1. The summed E-state index contributed by atoms with van der Waals surface area (Å²) in [4.78, 5) is 22.4. The van der Waals surface area contributed by atoms with Crippen LogP contribution in [0.2, 0.25) is 0 Å². The molecule has 1 amide bonds. The first-order chi connectivity index (χ1) is 9.61. The van der Waals surface area contributed by atoms with E-state index in [4.69, 9.17) is 0 Å². The Balaban J connectivity index is 2.24. The van der Waals surface area contributed by atoms with E-state index in [2.05, 4.69) is 20.3 Å². The molecule has 0 aliphatic carbocycles. The fraction of sp³-hybridized carbons (Fsp3) is 0.167. The largest absolute Gasteiger partial charge is 0.465 e. The van der Waals surface area contributed by atoms with Crippen molar-refractivity contribution in [1.82, 2.24) is 5.32 Å². The van der Waals surface area contributed by atoms with Crippen molar-refractivity contribution in [3.63, 3.8) is 0 Å². The lowest BCUT2D eigenvalue weighted by Gasteiger charge is -2.03. The van der Waals surface area contributed by atoms with Gasteiger partial charge in [0.25, 0.3) is 0 Å². The van der Waals surface area contributed by atoms with Crippen LogP contribution < -0.4 is 5.32 Å². The molecule has 1 aromatic rings. The molecule has 0 bridgehead atoms. The molecule has 0 aromatic heterocycles. The Labute approximate surface area is 118 Å². The molecule has 1 aliphatic heterocycles. The van der Waals surface area contributed by atoms with E-state index in [1.165, 1.54) is 37.1 Å². The molecule has 1 saturated heterocycles. The van der Waals surface area contributed by atoms with Crippen LogP contribution in [0.5, 0.6) is 0 Å². The van der Waals surface area contributed by atoms with Gasteiger partial charge in [-0.2, -0.15) is 5.10 Å². The number of carbonyl (C=O) groups is 2. The normalized spacial score (nSPS) is 16.7. The molecule has 0 atom stereocenters. The van der Waals surface area contributed by atoms with E-state index in [1.807, 2.05) is 0 Å². The number of amidine groups is 1. The highest BCUT2D eigenvalue weighted by Gasteiger charge is 2.16. The first-order valence-electron chi connectivity index (χ1n) is 5.52. The standard InChI is InChI=1S/C12H10FN3O3S/c1-19-11(18)7-3-2-4-9(13)8(7)5-14-16-12-15-10(17)6-20-12/h2-5H,6H2,1H3,(H,15,16,17). The minimum atomic E-state index is -0.665. The van der Waals surface area contributed by atoms with Crippen molar-refractivity contribution in [3.05, 3.63) is 35.1 Å². The highest BCUT2D eigenvalue weighted by Crippen LogP contribution is 2.13. The van der Waals surface area contributed by atoms with Gasteiger partial charge in [0, 0.05) is 5.56 Å². The van der Waals surface area contributed by atoms with Crippen molar-refractivity contribution in [2.24, 2.45) is 10.2 Å². The lowest BCUT2D eigenvalue weighted by atomic mass is 10.1. The molecule has 0 spiro atoms. The van der Waals surface area contributed by atoms with Gasteiger partial charge >= 0.3 is 5.97 Å². The number of nitrogens with zero attached hydrogens (tertiary/aromatic N) is 2. The molecule has 1 aromatic carbocycles. The predicted molar refractivity (Wildman–Crippen MR) is 73.4 cm³/mol. The Morgan fingerprint density at radius 1 is 1.55 bits per heavy atom. The van der Waals surface area contributed by atoms with E-state index in [1.54, 1.807) is 0 Å². The Hall–Kier alpha value is -2.22. The van der Waals surface area contributed by atoms with Crippen molar-refractivity contribution in [1.29, 1.82) is 0 Å². The first-order valence-corrected chi connectivity index (χ1v) is 6.51. The lowest BCUT2D eigenvalue weighted by Crippen LogP contribution is -2.19. The number of amides is 1. The van der Waals surface area contributed by atoms with Crippen LogP contribution in [0.15, 0.2) is 28.4 Å². The minimum Gasteiger partial charge on any atom is -0.465 e. The topological polar surface area (TPSA) is 80.1 Å². The molecule has 1 fully saturated rings. The monoisotopic (exact) mass is 295 g/mol. The van der Waals surface area contributed by atoms with Crippen LogP contribution >= 0.6 is 11.8 Å². The summed E-state index contributed by atoms with van der Waals surface area (Å²) >= 11 is 1.20. The summed E-state index contributed by atoms with van der Waals surface area (Å²) in [7, 11) is 1.21. The van der Waals surface area contributed by atoms with Gasteiger partial charge in [0.05, 0.1) is 24.6 Å². The number of carbonyl (C=O) groups excluding carboxylic acids is 2. The van der Waals surface area contributed by atoms with Gasteiger partial charge in [-0.25, -0.2) is 9.18 Å². The van der Waals surface area contributed by atoms with Gasteiger partial charge in [-0.15, -0.1) is 5.10 Å². The number of thioether (sulfide) groups is 1. The first kappa shape index (κ1) is 14.2. The Morgan fingerprint density at radius 3 is 3.00 bits per heavy atom. The third-order valence-electron chi connectivity index (χ3n) is 2.38. The average Bonchev–Trinajstić information content (AvgIpc) is 2.85. The number of hydrogen-bond acceptors (Lipinski definition) is 6. The van der Waals surface area contributed by atoms with E-state index in [0.29, 0.717) is 5.17 Å². The van der Waals surface area contributed by atoms with Crippen LogP contribution in [0.25, 0.3) is 0 Å². The number of benzene rings is 1. The molecular formula is C12H10FN3O3S. The number of esters is 1. The van der Waals surface area contributed by atoms with Gasteiger partial charge in [-0.3, -0.25) is 4.79 Å². The number of methoxy groups -OCH3 is 1. The van der Waals surface area contributed by atoms with Crippen LogP contribution in [0, 0.1) is 5.82 Å². The molecule has 20 heavy (non-hydrogen) atoms. The van der Waals surface area contributed by atoms with Crippen molar-refractivity contribution in [3.8, 4) is 0 Å². The van der Waals surface area contributed by atoms with E-state index in [9.17, 15) is 14.0 Å². The Kier molecular flexibility index (Phi) is 4.46. The maximum Gasteiger partial charge on any atom is 0.338 e. The molecular weight excluding hydrogens is 285 g/mol. The summed E-state index contributed by atoms with van der Waals surface area (Å²) in [5, 5.41) is 10.2. The minimum absolute atomic E-state index is 0.0157. The molecule has 6 nitrogen and oxygen atoms in total. The van der Waals surface area contributed by atoms with Gasteiger partial charge in [0.2, 0.25) is 5.91 Å². The maximum absolute atomic E-state index is 13.7. The van der Waals surface area contributed by atoms with Crippen LogP contribution in [0.4, 0.5) is 4.39 Å². The van der Waals surface area contributed by atoms with E-state index >= 15 is 0 Å². The Morgan fingerprint density at radius 2 is 2.35 bits per heavy atom. The number of hydrogen-bond donors (Lipinski definition) is 1. The van der Waals surface area contributed by atoms with Crippen LogP contribution in [-0.4, -0.2) is 36.1 Å². The molecule has 8 heteroatoms. The van der Waals surface area contributed by atoms with Crippen molar-refractivity contribution in [2.45, 2.75) is 0 Å². The SMILES string of the molecule is COC(=O)c1cccc(F)c1C=NN=C1NC(=O)CS1. The third-order valence-corrected chi connectivity index (χ3v) is 3.24. The molecule has 104 valence electrons. The second-order valence-electron chi connectivity index (χ2n) is 3.68. The third kappa shape index (κ3) is 3.21. The van der Waals surface area contributed by atoms with Gasteiger partial charge in [0.1, 0.15) is 5.82 Å². The second kappa shape index (κ2) is 6.29. The highest BCUT2D eigenvalue weighted by atomic mass is 32.2. The molecule has 0 saturated carbocycles. The van der Waals surface area contributed by atoms with Gasteiger partial charge in [-0.05, 0) is 12.1 Å². The number of ether oxygens (including phenoxy) is 1. The van der Waals surface area contributed by atoms with Crippen molar-refractivity contribution < 1.29 is 18.7 Å². The van der Waals surface area contributed by atoms with Gasteiger partial charge in [-0.1, -0.05) is 17.8 Å². The van der Waals surface area contributed by atoms with E-state index in [-0.39, 0.29) is 22.8 Å². The van der Waals surface area contributed by atoms with Gasteiger partial charge < -0.3 is 10.1 Å². The summed E-state index contributed by atoms with van der Waals surface area (Å²) in [6, 6.07) is 4.03. The predicted octanol–water partition coefficient (Wildman–Crippen LogP) is 1.17. The average molecular weight is 295 g/mol. The summed E-state index contributed by atoms with van der Waals surface area (Å²) in [5.74, 6) is -1.16. The summed E-state index contributed by atoms with van der Waals surface area (Å²) in [6.07, 6.45) is 1.11. The van der Waals surface area contributed by atoms with E-state index in [0.717, 1.165) is 6.21 Å². The zero-order chi connectivity index (χ0) is 14.5. The zero-order valence-corrected chi connectivity index (χ0v) is 11.2. The fourth-order valence-corrected chi connectivity index (χ4v) is 2.11. The van der Waals surface area contributed by atoms with E-state index < -0.39 is 11.8 Å². The summed E-state index contributed by atoms with van der Waals surface area (Å²) in [6.45, 7) is 0. The van der Waals surface area contributed by atoms with Crippen molar-refractivity contribution >= 4 is 35.0 Å². The fourth-order valence-electron chi connectivity index (χ4n) is 1.47. The van der Waals surface area contributed by atoms with Crippen LogP contribution in [0.3, 0.4) is 0 Å². The lowest BCUT2D eigenvalue weighted by molar-refractivity contribution is -0.116. The van der Waals surface area contributed by atoms with Crippen LogP contribution in [-0.2, 0) is 9.53 Å². The zero-order valence-electron chi connectivity index (χ0n) is 10.4. The quantitative estimate of drug-likeness (QED) is 0.515. The van der Waals surface area contributed by atoms with Crippen molar-refractivity contribution in [2.75, 3.05) is 12.9 Å². The smallest absolute Gasteiger partial charge is 0.338 e. The number of halogens is 1. The highest BCUT2D eigenvalue weighted by molar-refractivity contribution is 8.15. The maximum atomic E-state index is 13.7. The molecule has 2 rings (SSSR count). The molecule has 1 heterocycles. The molecule has 0 unspecified atom stereocenters. The summed E-state index contributed by atoms with van der Waals surface area (Å²) in [5.41, 5.74) is 0.0394. The molecule has 1 aliphatic rings. The Bertz CT molecular complexity index is 616. The van der Waals surface area contributed by atoms with Gasteiger partial charge in [0.15, 0.2) is 5.17 Å². The molecule has 0 radical (unpaired) electrons.